The lowest BCUT2D eigenvalue weighted by Crippen LogP contribution is -1.96. The van der Waals surface area contributed by atoms with Crippen molar-refractivity contribution in [1.82, 2.24) is 9.78 Å². The maximum atomic E-state index is 4.36. The summed E-state index contributed by atoms with van der Waals surface area (Å²) in [4.78, 5) is 0. The molecule has 0 aliphatic heterocycles. The Hall–Kier alpha value is -1.05. The molecule has 0 bridgehead atoms. The van der Waals surface area contributed by atoms with Crippen LogP contribution >= 0.6 is 0 Å². The van der Waals surface area contributed by atoms with E-state index in [-0.39, 0.29) is 0 Å². The van der Waals surface area contributed by atoms with Gasteiger partial charge in [-0.15, -0.1) is 0 Å². The summed E-state index contributed by atoms with van der Waals surface area (Å²) >= 11 is 0. The number of fused-ring (bicyclic) bond motifs is 1. The van der Waals surface area contributed by atoms with Gasteiger partial charge in [-0.05, 0) is 19.8 Å². The van der Waals surface area contributed by atoms with E-state index < -0.39 is 0 Å². The van der Waals surface area contributed by atoms with Crippen molar-refractivity contribution in [3.8, 4) is 0 Å². The van der Waals surface area contributed by atoms with Gasteiger partial charge >= 0.3 is 0 Å². The molecule has 2 nitrogen and oxygen atoms in total. The minimum absolute atomic E-state index is 1.11. The second-order valence-electron chi connectivity index (χ2n) is 3.20. The Morgan fingerprint density at radius 3 is 2.69 bits per heavy atom. The fourth-order valence-electron chi connectivity index (χ4n) is 1.52. The van der Waals surface area contributed by atoms with Gasteiger partial charge in [0, 0.05) is 18.8 Å². The number of hydrogen-bond donors (Lipinski definition) is 0. The average Bonchev–Trinajstić information content (AvgIpc) is 2.48. The van der Waals surface area contributed by atoms with Gasteiger partial charge in [-0.3, -0.25) is 4.68 Å². The molecule has 0 radical (unpaired) electrons. The molecule has 1 heterocycles. The lowest BCUT2D eigenvalue weighted by atomic mass is 10.00. The minimum Gasteiger partial charge on any atom is -0.275 e. The Balaban J connectivity index is 0.000000396. The predicted octanol–water partition coefficient (Wildman–Crippen LogP) is 2.80. The molecule has 1 aliphatic rings. The van der Waals surface area contributed by atoms with E-state index in [2.05, 4.69) is 24.3 Å². The first kappa shape index (κ1) is 10.0. The maximum Gasteiger partial charge on any atom is 0.0699 e. The molecule has 0 unspecified atom stereocenters. The van der Waals surface area contributed by atoms with Gasteiger partial charge in [0.25, 0.3) is 0 Å². The van der Waals surface area contributed by atoms with Crippen LogP contribution in [0.3, 0.4) is 0 Å². The van der Waals surface area contributed by atoms with E-state index in [4.69, 9.17) is 0 Å². The first-order valence-electron chi connectivity index (χ1n) is 4.95. The van der Waals surface area contributed by atoms with Crippen LogP contribution in [-0.4, -0.2) is 9.78 Å². The molecule has 0 saturated carbocycles. The van der Waals surface area contributed by atoms with Gasteiger partial charge in [0.15, 0.2) is 0 Å². The van der Waals surface area contributed by atoms with E-state index in [0.29, 0.717) is 0 Å². The molecule has 2 heteroatoms. The molecule has 0 fully saturated rings. The molecule has 1 aromatic heterocycles. The van der Waals surface area contributed by atoms with Crippen molar-refractivity contribution in [3.63, 3.8) is 0 Å². The Morgan fingerprint density at radius 2 is 2.00 bits per heavy atom. The summed E-state index contributed by atoms with van der Waals surface area (Å²) in [5.41, 5.74) is 4.01. The zero-order valence-corrected chi connectivity index (χ0v) is 8.96. The Morgan fingerprint density at radius 1 is 1.31 bits per heavy atom. The quantitative estimate of drug-likeness (QED) is 0.597. The fraction of sp³-hybridized carbons (Fsp3) is 0.545. The summed E-state index contributed by atoms with van der Waals surface area (Å²) in [6.45, 7) is 6.18. The maximum absolute atomic E-state index is 4.36. The molecular weight excluding hydrogens is 160 g/mol. The second-order valence-corrected chi connectivity index (χ2v) is 3.20. The van der Waals surface area contributed by atoms with Crippen LogP contribution in [0.1, 0.15) is 38.4 Å². The number of aromatic nitrogens is 2. The summed E-state index contributed by atoms with van der Waals surface area (Å²) in [6, 6.07) is 0. The smallest absolute Gasteiger partial charge is 0.0699 e. The SMILES string of the molecule is CC.CC1=Cc2cn(C)nc2CC1. The van der Waals surface area contributed by atoms with E-state index in [1.165, 1.54) is 23.3 Å². The fourth-order valence-corrected chi connectivity index (χ4v) is 1.52. The molecule has 2 rings (SSSR count). The van der Waals surface area contributed by atoms with Crippen molar-refractivity contribution in [1.29, 1.82) is 0 Å². The molecule has 13 heavy (non-hydrogen) atoms. The summed E-state index contributed by atoms with van der Waals surface area (Å²) in [6.07, 6.45) is 6.59. The highest BCUT2D eigenvalue weighted by Crippen LogP contribution is 2.21. The number of rotatable bonds is 0. The van der Waals surface area contributed by atoms with Gasteiger partial charge in [-0.25, -0.2) is 0 Å². The van der Waals surface area contributed by atoms with E-state index >= 15 is 0 Å². The monoisotopic (exact) mass is 178 g/mol. The zero-order valence-electron chi connectivity index (χ0n) is 8.96. The molecule has 0 spiro atoms. The minimum atomic E-state index is 1.11. The lowest BCUT2D eigenvalue weighted by molar-refractivity contribution is 0.736. The van der Waals surface area contributed by atoms with E-state index in [1.807, 2.05) is 25.6 Å². The highest BCUT2D eigenvalue weighted by molar-refractivity contribution is 5.56. The normalized spacial score (nSPS) is 14.0. The highest BCUT2D eigenvalue weighted by atomic mass is 15.2. The number of hydrogen-bond acceptors (Lipinski definition) is 1. The van der Waals surface area contributed by atoms with Crippen molar-refractivity contribution in [2.45, 2.75) is 33.6 Å². The third kappa shape index (κ3) is 2.20. The number of aryl methyl sites for hydroxylation is 2. The number of allylic oxidation sites excluding steroid dienone is 1. The Bertz CT molecular complexity index is 308. The van der Waals surface area contributed by atoms with Crippen molar-refractivity contribution in [3.05, 3.63) is 23.0 Å². The standard InChI is InChI=1S/C9H12N2.C2H6/c1-7-3-4-9-8(5-7)6-11(2)10-9;1-2/h5-6H,3-4H2,1-2H3;1-2H3. The first-order chi connectivity index (χ1) is 6.25. The summed E-state index contributed by atoms with van der Waals surface area (Å²) in [5, 5.41) is 4.36. The second kappa shape index (κ2) is 4.26. The average molecular weight is 178 g/mol. The lowest BCUT2D eigenvalue weighted by Gasteiger charge is -2.06. The van der Waals surface area contributed by atoms with E-state index in [9.17, 15) is 0 Å². The Kier molecular flexibility index (Phi) is 3.29. The van der Waals surface area contributed by atoms with Crippen LogP contribution in [0.5, 0.6) is 0 Å². The van der Waals surface area contributed by atoms with E-state index in [1.54, 1.807) is 0 Å². The van der Waals surface area contributed by atoms with Gasteiger partial charge in [-0.2, -0.15) is 5.10 Å². The van der Waals surface area contributed by atoms with Crippen molar-refractivity contribution in [2.75, 3.05) is 0 Å². The van der Waals surface area contributed by atoms with Gasteiger partial charge in [0.2, 0.25) is 0 Å². The van der Waals surface area contributed by atoms with Crippen LogP contribution in [0.25, 0.3) is 6.08 Å². The predicted molar refractivity (Wildman–Crippen MR) is 56.5 cm³/mol. The highest BCUT2D eigenvalue weighted by Gasteiger charge is 2.10. The molecule has 1 aliphatic carbocycles. The third-order valence-electron chi connectivity index (χ3n) is 2.10. The van der Waals surface area contributed by atoms with Crippen molar-refractivity contribution in [2.24, 2.45) is 7.05 Å². The van der Waals surface area contributed by atoms with Crippen LogP contribution in [0.2, 0.25) is 0 Å². The third-order valence-corrected chi connectivity index (χ3v) is 2.10. The first-order valence-corrected chi connectivity index (χ1v) is 4.95. The summed E-state index contributed by atoms with van der Waals surface area (Å²) < 4.78 is 1.89. The summed E-state index contributed by atoms with van der Waals surface area (Å²) in [5.74, 6) is 0. The molecule has 0 aromatic carbocycles. The topological polar surface area (TPSA) is 17.8 Å². The molecular formula is C11H18N2. The van der Waals surface area contributed by atoms with E-state index in [0.717, 1.165) is 6.42 Å². The largest absolute Gasteiger partial charge is 0.275 e. The van der Waals surface area contributed by atoms with Crippen LogP contribution in [0.4, 0.5) is 0 Å². The zero-order chi connectivity index (χ0) is 9.84. The molecule has 72 valence electrons. The van der Waals surface area contributed by atoms with Gasteiger partial charge < -0.3 is 0 Å². The van der Waals surface area contributed by atoms with Crippen LogP contribution in [0, 0.1) is 0 Å². The van der Waals surface area contributed by atoms with Crippen LogP contribution in [0.15, 0.2) is 11.8 Å². The molecule has 0 amide bonds. The summed E-state index contributed by atoms with van der Waals surface area (Å²) in [7, 11) is 1.97. The van der Waals surface area contributed by atoms with Gasteiger partial charge in [-0.1, -0.05) is 25.5 Å². The van der Waals surface area contributed by atoms with Crippen LogP contribution < -0.4 is 0 Å². The van der Waals surface area contributed by atoms with Crippen molar-refractivity contribution >= 4 is 6.08 Å². The Labute approximate surface area is 80.3 Å². The molecule has 0 N–H and O–H groups in total. The molecule has 1 aromatic rings. The van der Waals surface area contributed by atoms with Gasteiger partial charge in [0.1, 0.15) is 0 Å². The van der Waals surface area contributed by atoms with Gasteiger partial charge in [0.05, 0.1) is 5.69 Å². The van der Waals surface area contributed by atoms with Crippen molar-refractivity contribution < 1.29 is 0 Å². The molecule has 0 saturated heterocycles. The van der Waals surface area contributed by atoms with Crippen LogP contribution in [-0.2, 0) is 13.5 Å². The molecule has 0 atom stereocenters. The number of nitrogens with zero attached hydrogens (tertiary/aromatic N) is 2.